The topological polar surface area (TPSA) is 47.9 Å². The Bertz CT molecular complexity index is 516. The SMILES string of the molecule is CC1=N[C@@](Cc2ccccc2)(C(=O)OC(C)(C)C)CO1. The molecule has 4 nitrogen and oxygen atoms in total. The van der Waals surface area contributed by atoms with E-state index >= 15 is 0 Å². The zero-order valence-electron chi connectivity index (χ0n) is 12.5. The van der Waals surface area contributed by atoms with Crippen LogP contribution in [0.25, 0.3) is 0 Å². The Hall–Kier alpha value is -1.84. The summed E-state index contributed by atoms with van der Waals surface area (Å²) in [6, 6.07) is 9.81. The van der Waals surface area contributed by atoms with Gasteiger partial charge in [0.15, 0.2) is 11.4 Å². The van der Waals surface area contributed by atoms with E-state index < -0.39 is 11.1 Å². The first-order valence-electron chi connectivity index (χ1n) is 6.77. The Balaban J connectivity index is 2.26. The van der Waals surface area contributed by atoms with E-state index in [1.165, 1.54) is 0 Å². The van der Waals surface area contributed by atoms with Crippen molar-refractivity contribution in [3.05, 3.63) is 35.9 Å². The van der Waals surface area contributed by atoms with Gasteiger partial charge in [0.05, 0.1) is 0 Å². The third-order valence-corrected chi connectivity index (χ3v) is 3.01. The fourth-order valence-electron chi connectivity index (χ4n) is 2.16. The number of nitrogens with zero attached hydrogens (tertiary/aromatic N) is 1. The molecule has 1 atom stereocenters. The highest BCUT2D eigenvalue weighted by molar-refractivity contribution is 5.88. The first-order chi connectivity index (χ1) is 9.31. The Morgan fingerprint density at radius 2 is 2.00 bits per heavy atom. The lowest BCUT2D eigenvalue weighted by Gasteiger charge is -2.28. The molecule has 0 amide bonds. The normalized spacial score (nSPS) is 22.1. The standard InChI is InChI=1S/C16H21NO3/c1-12-17-16(11-19-12,14(18)20-15(2,3)4)10-13-8-6-5-7-9-13/h5-9H,10-11H2,1-4H3/t16-/m1/s1. The quantitative estimate of drug-likeness (QED) is 0.797. The van der Waals surface area contributed by atoms with Gasteiger partial charge in [-0.3, -0.25) is 0 Å². The van der Waals surface area contributed by atoms with Gasteiger partial charge in [0.25, 0.3) is 0 Å². The lowest BCUT2D eigenvalue weighted by Crippen LogP contribution is -2.45. The monoisotopic (exact) mass is 275 g/mol. The lowest BCUT2D eigenvalue weighted by molar-refractivity contribution is -0.162. The molecule has 1 aliphatic heterocycles. The molecule has 20 heavy (non-hydrogen) atoms. The number of benzene rings is 1. The minimum absolute atomic E-state index is 0.239. The van der Waals surface area contributed by atoms with Gasteiger partial charge in [0.1, 0.15) is 12.2 Å². The van der Waals surface area contributed by atoms with Crippen LogP contribution in [0.5, 0.6) is 0 Å². The van der Waals surface area contributed by atoms with Crippen LogP contribution in [0.4, 0.5) is 0 Å². The van der Waals surface area contributed by atoms with E-state index in [0.717, 1.165) is 5.56 Å². The van der Waals surface area contributed by atoms with Crippen molar-refractivity contribution in [3.63, 3.8) is 0 Å². The molecule has 0 spiro atoms. The van der Waals surface area contributed by atoms with Gasteiger partial charge in [-0.15, -0.1) is 0 Å². The van der Waals surface area contributed by atoms with Gasteiger partial charge in [0, 0.05) is 13.3 Å². The zero-order chi connectivity index (χ0) is 14.8. The number of carbonyl (C=O) groups is 1. The molecule has 1 heterocycles. The lowest BCUT2D eigenvalue weighted by atomic mass is 9.92. The third-order valence-electron chi connectivity index (χ3n) is 3.01. The first kappa shape index (κ1) is 14.6. The van der Waals surface area contributed by atoms with Gasteiger partial charge >= 0.3 is 5.97 Å². The maximum atomic E-state index is 12.5. The van der Waals surface area contributed by atoms with Crippen molar-refractivity contribution in [1.29, 1.82) is 0 Å². The molecule has 2 rings (SSSR count). The third kappa shape index (κ3) is 3.38. The number of hydrogen-bond donors (Lipinski definition) is 0. The fourth-order valence-corrected chi connectivity index (χ4v) is 2.16. The molecule has 1 aromatic carbocycles. The number of ether oxygens (including phenoxy) is 2. The van der Waals surface area contributed by atoms with Crippen LogP contribution in [0, 0.1) is 0 Å². The summed E-state index contributed by atoms with van der Waals surface area (Å²) in [5.74, 6) is 0.206. The maximum Gasteiger partial charge on any atom is 0.338 e. The number of esters is 1. The van der Waals surface area contributed by atoms with Crippen molar-refractivity contribution < 1.29 is 14.3 Å². The predicted molar refractivity (Wildman–Crippen MR) is 77.8 cm³/mol. The molecule has 0 aliphatic carbocycles. The highest BCUT2D eigenvalue weighted by Gasteiger charge is 2.46. The van der Waals surface area contributed by atoms with Crippen LogP contribution in [-0.2, 0) is 20.7 Å². The van der Waals surface area contributed by atoms with E-state index in [1.54, 1.807) is 6.92 Å². The van der Waals surface area contributed by atoms with Gasteiger partial charge in [-0.05, 0) is 26.3 Å². The number of rotatable bonds is 3. The van der Waals surface area contributed by atoms with Crippen LogP contribution >= 0.6 is 0 Å². The van der Waals surface area contributed by atoms with Crippen molar-refractivity contribution >= 4 is 11.9 Å². The van der Waals surface area contributed by atoms with E-state index in [-0.39, 0.29) is 12.6 Å². The van der Waals surface area contributed by atoms with Gasteiger partial charge in [-0.2, -0.15) is 0 Å². The summed E-state index contributed by atoms with van der Waals surface area (Å²) >= 11 is 0. The highest BCUT2D eigenvalue weighted by Crippen LogP contribution is 2.27. The van der Waals surface area contributed by atoms with Crippen LogP contribution < -0.4 is 0 Å². The summed E-state index contributed by atoms with van der Waals surface area (Å²) in [6.45, 7) is 7.56. The average molecular weight is 275 g/mol. The molecule has 108 valence electrons. The van der Waals surface area contributed by atoms with Gasteiger partial charge in [0.2, 0.25) is 0 Å². The Morgan fingerprint density at radius 3 is 2.50 bits per heavy atom. The molecule has 1 aliphatic rings. The molecular weight excluding hydrogens is 254 g/mol. The number of hydrogen-bond acceptors (Lipinski definition) is 4. The largest absolute Gasteiger partial charge is 0.478 e. The van der Waals surface area contributed by atoms with Crippen molar-refractivity contribution in [2.24, 2.45) is 4.99 Å². The summed E-state index contributed by atoms with van der Waals surface area (Å²) in [4.78, 5) is 16.9. The van der Waals surface area contributed by atoms with Crippen molar-refractivity contribution in [2.45, 2.75) is 45.3 Å². The van der Waals surface area contributed by atoms with Crippen molar-refractivity contribution in [3.8, 4) is 0 Å². The second-order valence-corrected chi connectivity index (χ2v) is 6.12. The van der Waals surface area contributed by atoms with E-state index in [1.807, 2.05) is 51.1 Å². The Morgan fingerprint density at radius 1 is 1.35 bits per heavy atom. The predicted octanol–water partition coefficient (Wildman–Crippen LogP) is 2.76. The van der Waals surface area contributed by atoms with Gasteiger partial charge < -0.3 is 9.47 Å². The van der Waals surface area contributed by atoms with Crippen LogP contribution in [0.1, 0.15) is 33.3 Å². The smallest absolute Gasteiger partial charge is 0.338 e. The summed E-state index contributed by atoms with van der Waals surface area (Å²) in [7, 11) is 0. The fraction of sp³-hybridized carbons (Fsp3) is 0.500. The zero-order valence-corrected chi connectivity index (χ0v) is 12.5. The van der Waals surface area contributed by atoms with E-state index in [2.05, 4.69) is 4.99 Å². The molecule has 4 heteroatoms. The van der Waals surface area contributed by atoms with Crippen molar-refractivity contribution in [1.82, 2.24) is 0 Å². The molecular formula is C16H21NO3. The van der Waals surface area contributed by atoms with E-state index in [4.69, 9.17) is 9.47 Å². The minimum Gasteiger partial charge on any atom is -0.478 e. The molecule has 0 unspecified atom stereocenters. The van der Waals surface area contributed by atoms with Crippen LogP contribution in [0.2, 0.25) is 0 Å². The molecule has 0 radical (unpaired) electrons. The maximum absolute atomic E-state index is 12.5. The molecule has 0 N–H and O–H groups in total. The van der Waals surface area contributed by atoms with Crippen LogP contribution in [-0.4, -0.2) is 29.6 Å². The van der Waals surface area contributed by atoms with Crippen LogP contribution in [0.3, 0.4) is 0 Å². The molecule has 0 saturated carbocycles. The second kappa shape index (κ2) is 5.27. The molecule has 0 fully saturated rings. The Kier molecular flexibility index (Phi) is 3.84. The number of aliphatic imine (C=N–C) groups is 1. The molecule has 0 bridgehead atoms. The molecule has 0 saturated heterocycles. The summed E-state index contributed by atoms with van der Waals surface area (Å²) < 4.78 is 10.9. The highest BCUT2D eigenvalue weighted by atomic mass is 16.6. The van der Waals surface area contributed by atoms with Crippen LogP contribution in [0.15, 0.2) is 35.3 Å². The molecule has 0 aromatic heterocycles. The van der Waals surface area contributed by atoms with E-state index in [0.29, 0.717) is 12.3 Å². The Labute approximate surface area is 119 Å². The van der Waals surface area contributed by atoms with E-state index in [9.17, 15) is 4.79 Å². The summed E-state index contributed by atoms with van der Waals surface area (Å²) in [5.41, 5.74) is -0.452. The van der Waals surface area contributed by atoms with Gasteiger partial charge in [-0.25, -0.2) is 9.79 Å². The minimum atomic E-state index is -0.960. The van der Waals surface area contributed by atoms with Gasteiger partial charge in [-0.1, -0.05) is 30.3 Å². The first-order valence-corrected chi connectivity index (χ1v) is 6.77. The summed E-state index contributed by atoms with van der Waals surface area (Å²) in [5, 5.41) is 0. The molecule has 1 aromatic rings. The second-order valence-electron chi connectivity index (χ2n) is 6.12. The summed E-state index contributed by atoms with van der Waals surface area (Å²) in [6.07, 6.45) is 0.486. The number of carbonyl (C=O) groups excluding carboxylic acids is 1. The average Bonchev–Trinajstić information content (AvgIpc) is 2.71. The van der Waals surface area contributed by atoms with Crippen molar-refractivity contribution in [2.75, 3.05) is 6.61 Å².